The van der Waals surface area contributed by atoms with Crippen molar-refractivity contribution in [3.8, 4) is 0 Å². The number of aromatic nitrogens is 2. The predicted octanol–water partition coefficient (Wildman–Crippen LogP) is 2.02. The van der Waals surface area contributed by atoms with E-state index >= 15 is 0 Å². The van der Waals surface area contributed by atoms with Crippen LogP contribution in [0, 0.1) is 0 Å². The molecule has 1 heterocycles. The fraction of sp³-hybridized carbons (Fsp3) is 0.231. The van der Waals surface area contributed by atoms with Crippen molar-refractivity contribution in [3.05, 3.63) is 48.5 Å². The molecule has 0 aliphatic carbocycles. The molecule has 0 atom stereocenters. The summed E-state index contributed by atoms with van der Waals surface area (Å²) in [6.45, 7) is 0.885. The Hall–Kier alpha value is -2.14. The third-order valence-corrected chi connectivity index (χ3v) is 2.44. The van der Waals surface area contributed by atoms with E-state index in [1.165, 1.54) is 16.5 Å². The molecule has 5 nitrogen and oxygen atoms in total. The number of hydrogen-bond donors (Lipinski definition) is 1. The first-order valence-corrected chi connectivity index (χ1v) is 5.68. The van der Waals surface area contributed by atoms with Crippen molar-refractivity contribution in [2.24, 2.45) is 0 Å². The number of benzene rings is 1. The van der Waals surface area contributed by atoms with Gasteiger partial charge in [0.15, 0.2) is 0 Å². The summed E-state index contributed by atoms with van der Waals surface area (Å²) in [6.07, 6.45) is 4.64. The molecule has 2 rings (SSSR count). The van der Waals surface area contributed by atoms with Crippen LogP contribution in [0.2, 0.25) is 0 Å². The van der Waals surface area contributed by atoms with Crippen molar-refractivity contribution in [1.29, 1.82) is 0 Å². The zero-order chi connectivity index (χ0) is 13.0. The van der Waals surface area contributed by atoms with Gasteiger partial charge in [0.2, 0.25) is 0 Å². The number of anilines is 1. The highest BCUT2D eigenvalue weighted by molar-refractivity contribution is 5.90. The second kappa shape index (κ2) is 5.46. The van der Waals surface area contributed by atoms with E-state index in [2.05, 4.69) is 15.2 Å². The minimum absolute atomic E-state index is 0.215. The summed E-state index contributed by atoms with van der Waals surface area (Å²) in [5.41, 5.74) is 1.98. The SMILES string of the molecule is CN(C)Cc1ccc(NC(=O)n2ccnc2)cc1. The van der Waals surface area contributed by atoms with Crippen molar-refractivity contribution in [1.82, 2.24) is 14.5 Å². The molecule has 0 aliphatic rings. The van der Waals surface area contributed by atoms with Crippen LogP contribution in [0.4, 0.5) is 10.5 Å². The van der Waals surface area contributed by atoms with E-state index in [0.29, 0.717) is 0 Å². The van der Waals surface area contributed by atoms with Crippen LogP contribution >= 0.6 is 0 Å². The zero-order valence-corrected chi connectivity index (χ0v) is 10.5. The monoisotopic (exact) mass is 244 g/mol. The molecule has 1 aromatic heterocycles. The highest BCUT2D eigenvalue weighted by atomic mass is 16.2. The second-order valence-electron chi connectivity index (χ2n) is 4.33. The summed E-state index contributed by atoms with van der Waals surface area (Å²) in [5, 5.41) is 2.80. The molecular formula is C13H16N4O. The quantitative estimate of drug-likeness (QED) is 0.898. The molecule has 2 aromatic rings. The van der Waals surface area contributed by atoms with Crippen molar-refractivity contribution in [2.75, 3.05) is 19.4 Å². The fourth-order valence-corrected chi connectivity index (χ4v) is 1.63. The summed E-state index contributed by atoms with van der Waals surface area (Å²) in [6, 6.07) is 7.59. The van der Waals surface area contributed by atoms with Crippen molar-refractivity contribution in [2.45, 2.75) is 6.54 Å². The Kier molecular flexibility index (Phi) is 3.74. The van der Waals surface area contributed by atoms with Crippen LogP contribution in [-0.4, -0.2) is 34.6 Å². The first kappa shape index (κ1) is 12.3. The molecule has 0 spiro atoms. The van der Waals surface area contributed by atoms with E-state index < -0.39 is 0 Å². The molecule has 94 valence electrons. The largest absolute Gasteiger partial charge is 0.331 e. The van der Waals surface area contributed by atoms with Gasteiger partial charge in [0.25, 0.3) is 0 Å². The molecule has 1 aromatic carbocycles. The van der Waals surface area contributed by atoms with Gasteiger partial charge in [-0.3, -0.25) is 4.57 Å². The summed E-state index contributed by atoms with van der Waals surface area (Å²) in [4.78, 5) is 17.7. The van der Waals surface area contributed by atoms with Gasteiger partial charge in [0, 0.05) is 24.6 Å². The van der Waals surface area contributed by atoms with Crippen molar-refractivity contribution < 1.29 is 4.79 Å². The smallest absolute Gasteiger partial charge is 0.307 e. The molecule has 0 fully saturated rings. The molecule has 0 saturated heterocycles. The molecule has 0 radical (unpaired) electrons. The van der Waals surface area contributed by atoms with E-state index in [0.717, 1.165) is 12.2 Å². The average Bonchev–Trinajstić information content (AvgIpc) is 2.84. The van der Waals surface area contributed by atoms with Gasteiger partial charge in [-0.15, -0.1) is 0 Å². The van der Waals surface area contributed by atoms with Crippen LogP contribution < -0.4 is 5.32 Å². The lowest BCUT2D eigenvalue weighted by Gasteiger charge is -2.10. The van der Waals surface area contributed by atoms with Gasteiger partial charge in [-0.1, -0.05) is 12.1 Å². The molecule has 0 saturated carbocycles. The number of amides is 1. The summed E-state index contributed by atoms with van der Waals surface area (Å²) in [5.74, 6) is 0. The fourth-order valence-electron chi connectivity index (χ4n) is 1.63. The molecule has 18 heavy (non-hydrogen) atoms. The van der Waals surface area contributed by atoms with Crippen LogP contribution in [0.3, 0.4) is 0 Å². The Bertz CT molecular complexity index is 502. The van der Waals surface area contributed by atoms with Gasteiger partial charge in [-0.05, 0) is 31.8 Å². The standard InChI is InChI=1S/C13H16N4O/c1-16(2)9-11-3-5-12(6-4-11)15-13(18)17-8-7-14-10-17/h3-8,10H,9H2,1-2H3,(H,15,18). The summed E-state index contributed by atoms with van der Waals surface area (Å²) < 4.78 is 1.40. The molecule has 1 N–H and O–H groups in total. The number of hydrogen-bond acceptors (Lipinski definition) is 3. The van der Waals surface area contributed by atoms with Gasteiger partial charge in [0.05, 0.1) is 0 Å². The number of carbonyl (C=O) groups is 1. The van der Waals surface area contributed by atoms with Crippen molar-refractivity contribution in [3.63, 3.8) is 0 Å². The van der Waals surface area contributed by atoms with E-state index in [4.69, 9.17) is 0 Å². The molecule has 0 unspecified atom stereocenters. The van der Waals surface area contributed by atoms with Crippen LogP contribution in [0.1, 0.15) is 5.56 Å². The number of rotatable bonds is 3. The number of imidazole rings is 1. The van der Waals surface area contributed by atoms with E-state index in [1.54, 1.807) is 12.4 Å². The topological polar surface area (TPSA) is 50.2 Å². The first-order chi connectivity index (χ1) is 8.65. The molecular weight excluding hydrogens is 228 g/mol. The van der Waals surface area contributed by atoms with Crippen LogP contribution in [0.15, 0.2) is 43.0 Å². The number of nitrogens with zero attached hydrogens (tertiary/aromatic N) is 3. The maximum Gasteiger partial charge on any atom is 0.331 e. The highest BCUT2D eigenvalue weighted by Gasteiger charge is 2.03. The normalized spacial score (nSPS) is 10.6. The van der Waals surface area contributed by atoms with E-state index in [1.807, 2.05) is 38.4 Å². The highest BCUT2D eigenvalue weighted by Crippen LogP contribution is 2.11. The van der Waals surface area contributed by atoms with Gasteiger partial charge < -0.3 is 10.2 Å². The zero-order valence-electron chi connectivity index (χ0n) is 10.5. The lowest BCUT2D eigenvalue weighted by Crippen LogP contribution is -2.17. The number of carbonyl (C=O) groups excluding carboxylic acids is 1. The van der Waals surface area contributed by atoms with Crippen molar-refractivity contribution >= 4 is 11.7 Å². The minimum Gasteiger partial charge on any atom is -0.307 e. The van der Waals surface area contributed by atoms with Gasteiger partial charge in [-0.25, -0.2) is 9.78 Å². The number of nitrogens with one attached hydrogen (secondary N) is 1. The maximum atomic E-state index is 11.7. The average molecular weight is 244 g/mol. The molecule has 5 heteroatoms. The van der Waals surface area contributed by atoms with Crippen LogP contribution in [0.25, 0.3) is 0 Å². The predicted molar refractivity (Wildman–Crippen MR) is 70.5 cm³/mol. The minimum atomic E-state index is -0.215. The molecule has 0 aliphatic heterocycles. The summed E-state index contributed by atoms with van der Waals surface area (Å²) in [7, 11) is 4.05. The third-order valence-electron chi connectivity index (χ3n) is 2.44. The lowest BCUT2D eigenvalue weighted by atomic mass is 10.2. The lowest BCUT2D eigenvalue weighted by molar-refractivity contribution is 0.253. The van der Waals surface area contributed by atoms with Gasteiger partial charge >= 0.3 is 6.03 Å². The Morgan fingerprint density at radius 1 is 1.33 bits per heavy atom. The Morgan fingerprint density at radius 3 is 2.61 bits per heavy atom. The third kappa shape index (κ3) is 3.18. The maximum absolute atomic E-state index is 11.7. The molecule has 1 amide bonds. The first-order valence-electron chi connectivity index (χ1n) is 5.68. The van der Waals surface area contributed by atoms with E-state index in [-0.39, 0.29) is 6.03 Å². The Labute approximate surface area is 106 Å². The second-order valence-corrected chi connectivity index (χ2v) is 4.33. The Morgan fingerprint density at radius 2 is 2.06 bits per heavy atom. The molecule has 0 bridgehead atoms. The Balaban J connectivity index is 2.00. The van der Waals surface area contributed by atoms with Crippen LogP contribution in [0.5, 0.6) is 0 Å². The van der Waals surface area contributed by atoms with Crippen LogP contribution in [-0.2, 0) is 6.54 Å². The van der Waals surface area contributed by atoms with E-state index in [9.17, 15) is 4.79 Å². The van der Waals surface area contributed by atoms with Gasteiger partial charge in [0.1, 0.15) is 6.33 Å². The van der Waals surface area contributed by atoms with Gasteiger partial charge in [-0.2, -0.15) is 0 Å². The summed E-state index contributed by atoms with van der Waals surface area (Å²) >= 11 is 0.